The SMILES string of the molecule is CCOC(OCC)(OCC)O[Si](CCCN)(OC)OCCCCN. The third-order valence-electron chi connectivity index (χ3n) is 3.16. The standard InChI is InChI=1S/C15H36N2O6Si/c1-5-19-15(20-6-2,21-7-3)23-24(18-4,14-10-12-17)22-13-9-8-11-16/h5-14,16-17H2,1-4H3. The number of hydrogen-bond acceptors (Lipinski definition) is 8. The van der Waals surface area contributed by atoms with Crippen LogP contribution in [0.2, 0.25) is 6.04 Å². The van der Waals surface area contributed by atoms with Gasteiger partial charge in [0.1, 0.15) is 0 Å². The first-order valence-corrected chi connectivity index (χ1v) is 10.7. The van der Waals surface area contributed by atoms with Crippen LogP contribution in [0.1, 0.15) is 40.0 Å². The van der Waals surface area contributed by atoms with Crippen molar-refractivity contribution in [3.8, 4) is 0 Å². The van der Waals surface area contributed by atoms with Gasteiger partial charge in [-0.15, -0.1) is 0 Å². The minimum Gasteiger partial charge on any atom is -0.377 e. The summed E-state index contributed by atoms with van der Waals surface area (Å²) in [6, 6.07) is 0.553. The Morgan fingerprint density at radius 3 is 1.79 bits per heavy atom. The van der Waals surface area contributed by atoms with Crippen LogP contribution in [0.4, 0.5) is 0 Å². The van der Waals surface area contributed by atoms with E-state index in [0.717, 1.165) is 12.8 Å². The molecule has 0 spiro atoms. The summed E-state index contributed by atoms with van der Waals surface area (Å²) in [6.07, 6.45) is 0.782. The maximum absolute atomic E-state index is 6.12. The summed E-state index contributed by atoms with van der Waals surface area (Å²) in [5.74, 6) is 0. The van der Waals surface area contributed by atoms with E-state index >= 15 is 0 Å². The van der Waals surface area contributed by atoms with Crippen LogP contribution in [-0.2, 0) is 27.5 Å². The van der Waals surface area contributed by atoms with Crippen molar-refractivity contribution >= 4 is 8.80 Å². The smallest absolute Gasteiger partial charge is 0.377 e. The predicted octanol–water partition coefficient (Wildman–Crippen LogP) is 1.41. The molecule has 0 radical (unpaired) electrons. The number of hydrogen-bond donors (Lipinski definition) is 2. The lowest BCUT2D eigenvalue weighted by Gasteiger charge is -2.38. The Hall–Kier alpha value is -0.103. The van der Waals surface area contributed by atoms with Gasteiger partial charge in [0.05, 0.1) is 19.8 Å². The quantitative estimate of drug-likeness (QED) is 0.225. The van der Waals surface area contributed by atoms with Crippen molar-refractivity contribution in [1.29, 1.82) is 0 Å². The van der Waals surface area contributed by atoms with E-state index in [1.54, 1.807) is 7.11 Å². The molecule has 1 atom stereocenters. The van der Waals surface area contributed by atoms with E-state index in [9.17, 15) is 0 Å². The Bertz CT molecular complexity index is 284. The summed E-state index contributed by atoms with van der Waals surface area (Å²) in [5, 5.41) is 0. The van der Waals surface area contributed by atoms with E-state index in [4.69, 9.17) is 39.0 Å². The third-order valence-corrected chi connectivity index (χ3v) is 5.96. The zero-order valence-corrected chi connectivity index (χ0v) is 16.7. The van der Waals surface area contributed by atoms with Gasteiger partial charge in [-0.25, -0.2) is 0 Å². The van der Waals surface area contributed by atoms with Gasteiger partial charge in [-0.05, 0) is 53.1 Å². The molecule has 0 rings (SSSR count). The molecule has 24 heavy (non-hydrogen) atoms. The average molecular weight is 369 g/mol. The molecule has 0 amide bonds. The molecule has 0 aromatic carbocycles. The molecule has 0 fully saturated rings. The Morgan fingerprint density at radius 2 is 1.38 bits per heavy atom. The van der Waals surface area contributed by atoms with Gasteiger partial charge in [0, 0.05) is 19.8 Å². The van der Waals surface area contributed by atoms with Crippen LogP contribution in [0.3, 0.4) is 0 Å². The Morgan fingerprint density at radius 1 is 0.833 bits per heavy atom. The molecule has 0 aromatic heterocycles. The average Bonchev–Trinajstić information content (AvgIpc) is 2.57. The van der Waals surface area contributed by atoms with Crippen LogP contribution in [0, 0.1) is 0 Å². The molecular formula is C15H36N2O6Si. The highest BCUT2D eigenvalue weighted by molar-refractivity contribution is 6.60. The fraction of sp³-hybridized carbons (Fsp3) is 1.00. The summed E-state index contributed by atoms with van der Waals surface area (Å²) >= 11 is 0. The lowest BCUT2D eigenvalue weighted by Crippen LogP contribution is -2.56. The van der Waals surface area contributed by atoms with Crippen LogP contribution in [0.25, 0.3) is 0 Å². The second kappa shape index (κ2) is 14.1. The Kier molecular flexibility index (Phi) is 14.0. The molecule has 4 N–H and O–H groups in total. The molecular weight excluding hydrogens is 332 g/mol. The highest BCUT2D eigenvalue weighted by Crippen LogP contribution is 2.28. The summed E-state index contributed by atoms with van der Waals surface area (Å²) in [7, 11) is -1.51. The number of ether oxygens (including phenoxy) is 3. The summed E-state index contributed by atoms with van der Waals surface area (Å²) in [4.78, 5) is 0. The van der Waals surface area contributed by atoms with Crippen LogP contribution >= 0.6 is 0 Å². The molecule has 9 heteroatoms. The molecule has 0 aliphatic heterocycles. The summed E-state index contributed by atoms with van der Waals surface area (Å²) in [5.41, 5.74) is 11.2. The molecule has 1 unspecified atom stereocenters. The monoisotopic (exact) mass is 368 g/mol. The summed E-state index contributed by atoms with van der Waals surface area (Å²) < 4.78 is 34.7. The predicted molar refractivity (Wildman–Crippen MR) is 94.2 cm³/mol. The van der Waals surface area contributed by atoms with E-state index < -0.39 is 15.0 Å². The van der Waals surface area contributed by atoms with Gasteiger partial charge in [0.2, 0.25) is 0 Å². The van der Waals surface area contributed by atoms with E-state index in [1.165, 1.54) is 0 Å². The maximum atomic E-state index is 6.12. The lowest BCUT2D eigenvalue weighted by molar-refractivity contribution is -0.478. The highest BCUT2D eigenvalue weighted by atomic mass is 28.4. The minimum atomic E-state index is -3.08. The molecule has 0 aromatic rings. The molecule has 8 nitrogen and oxygen atoms in total. The van der Waals surface area contributed by atoms with Gasteiger partial charge in [0.25, 0.3) is 0 Å². The first-order valence-electron chi connectivity index (χ1n) is 8.78. The molecule has 0 aliphatic carbocycles. The lowest BCUT2D eigenvalue weighted by atomic mass is 10.3. The molecule has 0 saturated carbocycles. The van der Waals surface area contributed by atoms with Crippen LogP contribution in [-0.4, -0.2) is 61.6 Å². The second-order valence-corrected chi connectivity index (χ2v) is 7.79. The van der Waals surface area contributed by atoms with Crippen molar-refractivity contribution in [2.45, 2.75) is 52.2 Å². The van der Waals surface area contributed by atoms with Crippen LogP contribution in [0.5, 0.6) is 0 Å². The molecule has 0 saturated heterocycles. The van der Waals surface area contributed by atoms with Crippen molar-refractivity contribution in [3.63, 3.8) is 0 Å². The number of rotatable bonds is 17. The van der Waals surface area contributed by atoms with Crippen LogP contribution in [0.15, 0.2) is 0 Å². The maximum Gasteiger partial charge on any atom is 0.506 e. The van der Waals surface area contributed by atoms with Crippen molar-refractivity contribution in [2.75, 3.05) is 46.6 Å². The zero-order valence-electron chi connectivity index (χ0n) is 15.7. The fourth-order valence-electron chi connectivity index (χ4n) is 2.08. The topological polar surface area (TPSA) is 107 Å². The number of nitrogens with two attached hydrogens (primary N) is 2. The highest BCUT2D eigenvalue weighted by Gasteiger charge is 2.50. The van der Waals surface area contributed by atoms with Gasteiger partial charge in [-0.1, -0.05) is 0 Å². The van der Waals surface area contributed by atoms with Gasteiger partial charge >= 0.3 is 15.0 Å². The summed E-state index contributed by atoms with van der Waals surface area (Å²) in [6.45, 7) is 8.22. The van der Waals surface area contributed by atoms with E-state index in [0.29, 0.717) is 52.0 Å². The first kappa shape index (κ1) is 23.9. The first-order chi connectivity index (χ1) is 11.6. The van der Waals surface area contributed by atoms with Gasteiger partial charge in [-0.2, -0.15) is 0 Å². The Labute approximate surface area is 147 Å². The molecule has 0 heterocycles. The molecule has 146 valence electrons. The minimum absolute atomic E-state index is 0.359. The Balaban J connectivity index is 5.22. The van der Waals surface area contributed by atoms with Crippen molar-refractivity contribution in [1.82, 2.24) is 0 Å². The molecule has 0 bridgehead atoms. The van der Waals surface area contributed by atoms with E-state index in [1.807, 2.05) is 20.8 Å². The van der Waals surface area contributed by atoms with Gasteiger partial charge < -0.3 is 34.5 Å². The molecule has 0 aliphatic rings. The van der Waals surface area contributed by atoms with E-state index in [2.05, 4.69) is 0 Å². The largest absolute Gasteiger partial charge is 0.506 e. The van der Waals surface area contributed by atoms with Crippen molar-refractivity contribution in [3.05, 3.63) is 0 Å². The fourth-order valence-corrected chi connectivity index (χ4v) is 4.44. The van der Waals surface area contributed by atoms with Gasteiger partial charge in [0.15, 0.2) is 0 Å². The van der Waals surface area contributed by atoms with E-state index in [-0.39, 0.29) is 0 Å². The third kappa shape index (κ3) is 8.84. The van der Waals surface area contributed by atoms with Crippen molar-refractivity contribution < 1.29 is 27.5 Å². The number of unbranched alkanes of at least 4 members (excludes halogenated alkanes) is 1. The second-order valence-electron chi connectivity index (χ2n) is 5.02. The van der Waals surface area contributed by atoms with Gasteiger partial charge in [-0.3, -0.25) is 4.43 Å². The zero-order chi connectivity index (χ0) is 18.3. The van der Waals surface area contributed by atoms with Crippen molar-refractivity contribution in [2.24, 2.45) is 11.5 Å². The van der Waals surface area contributed by atoms with Crippen LogP contribution < -0.4 is 11.5 Å². The normalized spacial score (nSPS) is 14.8.